The van der Waals surface area contributed by atoms with Crippen LogP contribution in [0, 0.1) is 0 Å². The third kappa shape index (κ3) is 8.81. The van der Waals surface area contributed by atoms with E-state index in [-0.39, 0.29) is 25.2 Å². The van der Waals surface area contributed by atoms with Gasteiger partial charge in [-0.05, 0) is 45.0 Å². The quantitative estimate of drug-likeness (QED) is 0.377. The molecule has 0 spiro atoms. The highest BCUT2D eigenvalue weighted by Crippen LogP contribution is 2.15. The number of benzene rings is 1. The molecule has 8 heteroatoms. The number of carbonyl (C=O) groups is 3. The zero-order chi connectivity index (χ0) is 19.4. The summed E-state index contributed by atoms with van der Waals surface area (Å²) in [4.78, 5) is 34.8. The first-order chi connectivity index (χ1) is 12.4. The number of amides is 2. The van der Waals surface area contributed by atoms with Crippen LogP contribution in [0.25, 0.3) is 0 Å². The summed E-state index contributed by atoms with van der Waals surface area (Å²) in [6.07, 6.45) is 0.0108. The van der Waals surface area contributed by atoms with E-state index < -0.39 is 11.9 Å². The molecule has 2 N–H and O–H groups in total. The first-order valence-corrected chi connectivity index (χ1v) is 8.44. The number of hydrogen-bond acceptors (Lipinski definition) is 6. The average molecular weight is 363 g/mol. The minimum Gasteiger partial charge on any atom is -0.494 e. The number of nitrogens with zero attached hydrogens (tertiary/aromatic N) is 1. The Labute approximate surface area is 152 Å². The number of anilines is 1. The SMILES string of the molecule is CCOC(=O)CC(C)=NNC(=O)CCC(=O)Nc1ccc(OCC)cc1. The van der Waals surface area contributed by atoms with E-state index >= 15 is 0 Å². The van der Waals surface area contributed by atoms with Crippen LogP contribution in [0.2, 0.25) is 0 Å². The van der Waals surface area contributed by atoms with Crippen LogP contribution in [0.3, 0.4) is 0 Å². The van der Waals surface area contributed by atoms with Gasteiger partial charge in [-0.1, -0.05) is 0 Å². The summed E-state index contributed by atoms with van der Waals surface area (Å²) < 4.78 is 10.1. The second kappa shape index (κ2) is 11.6. The molecule has 0 fully saturated rings. The lowest BCUT2D eigenvalue weighted by Gasteiger charge is -2.07. The lowest BCUT2D eigenvalue weighted by Crippen LogP contribution is -2.22. The summed E-state index contributed by atoms with van der Waals surface area (Å²) in [5.41, 5.74) is 3.37. The zero-order valence-electron chi connectivity index (χ0n) is 15.3. The molecule has 0 saturated carbocycles. The van der Waals surface area contributed by atoms with Crippen molar-refractivity contribution in [3.63, 3.8) is 0 Å². The van der Waals surface area contributed by atoms with E-state index in [1.807, 2.05) is 6.92 Å². The van der Waals surface area contributed by atoms with Gasteiger partial charge in [0.25, 0.3) is 0 Å². The second-order valence-electron chi connectivity index (χ2n) is 5.37. The Morgan fingerprint density at radius 1 is 1.00 bits per heavy atom. The summed E-state index contributed by atoms with van der Waals surface area (Å²) in [7, 11) is 0. The van der Waals surface area contributed by atoms with Crippen molar-refractivity contribution in [1.29, 1.82) is 0 Å². The lowest BCUT2D eigenvalue weighted by molar-refractivity contribution is -0.141. The van der Waals surface area contributed by atoms with E-state index in [2.05, 4.69) is 15.8 Å². The normalized spacial score (nSPS) is 10.8. The number of esters is 1. The van der Waals surface area contributed by atoms with Gasteiger partial charge in [0.2, 0.25) is 11.8 Å². The Morgan fingerprint density at radius 3 is 2.27 bits per heavy atom. The molecular formula is C18H25N3O5. The maximum Gasteiger partial charge on any atom is 0.311 e. The molecule has 26 heavy (non-hydrogen) atoms. The highest BCUT2D eigenvalue weighted by molar-refractivity contribution is 5.98. The van der Waals surface area contributed by atoms with E-state index in [0.717, 1.165) is 5.75 Å². The van der Waals surface area contributed by atoms with Crippen LogP contribution in [0.5, 0.6) is 5.75 Å². The summed E-state index contributed by atoms with van der Waals surface area (Å²) >= 11 is 0. The number of nitrogens with one attached hydrogen (secondary N) is 2. The largest absolute Gasteiger partial charge is 0.494 e. The van der Waals surface area contributed by atoms with Crippen molar-refractivity contribution < 1.29 is 23.9 Å². The number of hydrazone groups is 1. The molecule has 0 unspecified atom stereocenters. The molecule has 8 nitrogen and oxygen atoms in total. The van der Waals surface area contributed by atoms with Gasteiger partial charge in [-0.25, -0.2) is 5.43 Å². The molecule has 0 aliphatic heterocycles. The standard InChI is InChI=1S/C18H25N3O5/c1-4-25-15-8-6-14(7-9-15)19-16(22)10-11-17(23)21-20-13(3)12-18(24)26-5-2/h6-9H,4-5,10-12H2,1-3H3,(H,19,22)(H,21,23). The minimum atomic E-state index is -0.407. The third-order valence-corrected chi connectivity index (χ3v) is 3.11. The molecule has 2 amide bonds. The highest BCUT2D eigenvalue weighted by atomic mass is 16.5. The van der Waals surface area contributed by atoms with Gasteiger partial charge in [0.1, 0.15) is 5.75 Å². The molecule has 0 radical (unpaired) electrons. The van der Waals surface area contributed by atoms with Crippen molar-refractivity contribution in [3.05, 3.63) is 24.3 Å². The van der Waals surface area contributed by atoms with E-state index in [1.165, 1.54) is 0 Å². The number of rotatable bonds is 10. The topological polar surface area (TPSA) is 106 Å². The van der Waals surface area contributed by atoms with Crippen molar-refractivity contribution in [2.75, 3.05) is 18.5 Å². The summed E-state index contributed by atoms with van der Waals surface area (Å²) in [6, 6.07) is 6.97. The molecule has 142 valence electrons. The van der Waals surface area contributed by atoms with Crippen molar-refractivity contribution in [2.24, 2.45) is 5.10 Å². The van der Waals surface area contributed by atoms with Gasteiger partial charge in [-0.15, -0.1) is 0 Å². The average Bonchev–Trinajstić information content (AvgIpc) is 2.60. The maximum absolute atomic E-state index is 11.9. The van der Waals surface area contributed by atoms with Crippen LogP contribution in [0.4, 0.5) is 5.69 Å². The fourth-order valence-corrected chi connectivity index (χ4v) is 1.93. The number of carbonyl (C=O) groups excluding carboxylic acids is 3. The van der Waals surface area contributed by atoms with Crippen molar-refractivity contribution in [2.45, 2.75) is 40.0 Å². The van der Waals surface area contributed by atoms with Gasteiger partial charge in [-0.3, -0.25) is 14.4 Å². The molecule has 1 rings (SSSR count). The molecule has 0 atom stereocenters. The van der Waals surface area contributed by atoms with Gasteiger partial charge in [0.15, 0.2) is 0 Å². The minimum absolute atomic E-state index is 0.00630. The van der Waals surface area contributed by atoms with Crippen molar-refractivity contribution in [3.8, 4) is 5.75 Å². The van der Waals surface area contributed by atoms with Crippen LogP contribution >= 0.6 is 0 Å². The molecular weight excluding hydrogens is 338 g/mol. The fourth-order valence-electron chi connectivity index (χ4n) is 1.93. The Hall–Kier alpha value is -2.90. The van der Waals surface area contributed by atoms with Crippen LogP contribution in [-0.2, 0) is 19.1 Å². The molecule has 0 bridgehead atoms. The van der Waals surface area contributed by atoms with E-state index in [0.29, 0.717) is 24.6 Å². The Balaban J connectivity index is 2.33. The van der Waals surface area contributed by atoms with Crippen LogP contribution in [0.1, 0.15) is 40.0 Å². The predicted molar refractivity (Wildman–Crippen MR) is 98.0 cm³/mol. The predicted octanol–water partition coefficient (Wildman–Crippen LogP) is 2.25. The van der Waals surface area contributed by atoms with E-state index in [1.54, 1.807) is 38.1 Å². The molecule has 0 aromatic heterocycles. The first-order valence-electron chi connectivity index (χ1n) is 8.44. The summed E-state index contributed by atoms with van der Waals surface area (Å²) in [5, 5.41) is 6.51. The third-order valence-electron chi connectivity index (χ3n) is 3.11. The van der Waals surface area contributed by atoms with Crippen molar-refractivity contribution >= 4 is 29.2 Å². The van der Waals surface area contributed by atoms with E-state index in [4.69, 9.17) is 9.47 Å². The molecule has 0 saturated heterocycles. The Kier molecular flexibility index (Phi) is 9.45. The molecule has 1 aromatic carbocycles. The van der Waals surface area contributed by atoms with Gasteiger partial charge in [0, 0.05) is 24.2 Å². The van der Waals surface area contributed by atoms with Gasteiger partial charge >= 0.3 is 5.97 Å². The molecule has 0 aliphatic rings. The Bertz CT molecular complexity index is 641. The van der Waals surface area contributed by atoms with Crippen molar-refractivity contribution in [1.82, 2.24) is 5.43 Å². The number of ether oxygens (including phenoxy) is 2. The van der Waals surface area contributed by atoms with Crippen LogP contribution in [-0.4, -0.2) is 36.7 Å². The molecule has 0 aliphatic carbocycles. The first kappa shape index (κ1) is 21.1. The van der Waals surface area contributed by atoms with Gasteiger partial charge < -0.3 is 14.8 Å². The maximum atomic E-state index is 11.9. The summed E-state index contributed by atoms with van der Waals surface area (Å²) in [5.74, 6) is -0.370. The van der Waals surface area contributed by atoms with Gasteiger partial charge in [-0.2, -0.15) is 5.10 Å². The zero-order valence-corrected chi connectivity index (χ0v) is 15.3. The van der Waals surface area contributed by atoms with E-state index in [9.17, 15) is 14.4 Å². The fraction of sp³-hybridized carbons (Fsp3) is 0.444. The van der Waals surface area contributed by atoms with Crippen LogP contribution < -0.4 is 15.5 Å². The monoisotopic (exact) mass is 363 g/mol. The molecule has 0 heterocycles. The second-order valence-corrected chi connectivity index (χ2v) is 5.37. The Morgan fingerprint density at radius 2 is 1.65 bits per heavy atom. The molecule has 1 aromatic rings. The smallest absolute Gasteiger partial charge is 0.311 e. The highest BCUT2D eigenvalue weighted by Gasteiger charge is 2.08. The van der Waals surface area contributed by atoms with Crippen LogP contribution in [0.15, 0.2) is 29.4 Å². The summed E-state index contributed by atoms with van der Waals surface area (Å²) in [6.45, 7) is 6.08. The number of hydrogen-bond donors (Lipinski definition) is 2. The lowest BCUT2D eigenvalue weighted by atomic mass is 10.2. The van der Waals surface area contributed by atoms with Gasteiger partial charge in [0.05, 0.1) is 19.6 Å².